The molecule has 0 spiro atoms. The van der Waals surface area contributed by atoms with Crippen LogP contribution in [0.4, 0.5) is 5.82 Å². The lowest BCUT2D eigenvalue weighted by atomic mass is 9.93. The van der Waals surface area contributed by atoms with Gasteiger partial charge in [-0.2, -0.15) is 0 Å². The predicted octanol–water partition coefficient (Wildman–Crippen LogP) is 5.34. The monoisotopic (exact) mass is 433 g/mol. The molecule has 0 unspecified atom stereocenters. The van der Waals surface area contributed by atoms with Crippen molar-refractivity contribution in [2.24, 2.45) is 5.92 Å². The molecule has 5 rings (SSSR count). The van der Waals surface area contributed by atoms with E-state index in [1.54, 1.807) is 6.20 Å². The summed E-state index contributed by atoms with van der Waals surface area (Å²) >= 11 is 5.96. The first-order valence-electron chi connectivity index (χ1n) is 11.3. The Morgan fingerprint density at radius 1 is 0.968 bits per heavy atom. The number of benzene rings is 2. The van der Waals surface area contributed by atoms with E-state index in [4.69, 9.17) is 11.6 Å². The summed E-state index contributed by atoms with van der Waals surface area (Å²) in [5.41, 5.74) is 1.35. The number of hydrogen-bond acceptors (Lipinski definition) is 3. The van der Waals surface area contributed by atoms with Gasteiger partial charge in [0.15, 0.2) is 0 Å². The Labute approximate surface area is 188 Å². The van der Waals surface area contributed by atoms with E-state index >= 15 is 0 Å². The van der Waals surface area contributed by atoms with Gasteiger partial charge in [0.25, 0.3) is 0 Å². The number of amides is 1. The number of carbonyl (C=O) groups is 1. The summed E-state index contributed by atoms with van der Waals surface area (Å²) in [7, 11) is 0. The quantitative estimate of drug-likeness (QED) is 0.557. The minimum absolute atomic E-state index is 0.122. The number of fused-ring (bicyclic) bond motifs is 1. The van der Waals surface area contributed by atoms with Gasteiger partial charge in [0, 0.05) is 37.8 Å². The third-order valence-electron chi connectivity index (χ3n) is 6.88. The van der Waals surface area contributed by atoms with Gasteiger partial charge >= 0.3 is 0 Å². The Morgan fingerprint density at radius 3 is 2.58 bits per heavy atom. The van der Waals surface area contributed by atoms with Gasteiger partial charge < -0.3 is 9.80 Å². The maximum atomic E-state index is 13.4. The van der Waals surface area contributed by atoms with Crippen LogP contribution in [0.1, 0.15) is 31.2 Å². The molecule has 3 aromatic rings. The van der Waals surface area contributed by atoms with E-state index in [9.17, 15) is 4.79 Å². The third kappa shape index (κ3) is 4.27. The lowest BCUT2D eigenvalue weighted by molar-refractivity contribution is -0.137. The highest BCUT2D eigenvalue weighted by atomic mass is 35.5. The molecule has 4 nitrogen and oxygen atoms in total. The van der Waals surface area contributed by atoms with Gasteiger partial charge in [-0.3, -0.25) is 4.79 Å². The number of rotatable bonds is 4. The van der Waals surface area contributed by atoms with Gasteiger partial charge in [0.1, 0.15) is 5.82 Å². The number of aromatic nitrogens is 1. The van der Waals surface area contributed by atoms with Crippen LogP contribution in [0.25, 0.3) is 10.8 Å². The number of hydrogen-bond donors (Lipinski definition) is 0. The second-order valence-electron chi connectivity index (χ2n) is 8.77. The van der Waals surface area contributed by atoms with Crippen molar-refractivity contribution in [2.45, 2.75) is 38.1 Å². The minimum Gasteiger partial charge on any atom is -0.357 e. The van der Waals surface area contributed by atoms with Crippen molar-refractivity contribution in [3.05, 3.63) is 71.4 Å². The number of nitrogens with zero attached hydrogens (tertiary/aromatic N) is 3. The molecule has 2 aromatic carbocycles. The van der Waals surface area contributed by atoms with E-state index < -0.39 is 0 Å². The molecule has 0 radical (unpaired) electrons. The highest BCUT2D eigenvalue weighted by Crippen LogP contribution is 2.30. The normalized spacial score (nSPS) is 19.8. The summed E-state index contributed by atoms with van der Waals surface area (Å²) in [6, 6.07) is 19.2. The molecule has 0 bridgehead atoms. The fourth-order valence-corrected chi connectivity index (χ4v) is 5.32. The van der Waals surface area contributed by atoms with E-state index in [0.29, 0.717) is 17.0 Å². The molecule has 3 heterocycles. The first-order valence-corrected chi connectivity index (χ1v) is 11.7. The standard InChI is InChI=1S/C26H28ClN3O/c27-22-10-11-25(28-18-22)29-15-12-20(13-16-29)26(31)30-14-4-8-23(30)17-21-7-3-6-19-5-1-2-9-24(19)21/h1-3,5-7,9-11,18,20,23H,4,8,12-17H2/t23-/m0/s1. The van der Waals surface area contributed by atoms with Gasteiger partial charge in [-0.05, 0) is 60.6 Å². The van der Waals surface area contributed by atoms with Crippen molar-refractivity contribution in [1.29, 1.82) is 0 Å². The van der Waals surface area contributed by atoms with Gasteiger partial charge in [-0.1, -0.05) is 54.1 Å². The first kappa shape index (κ1) is 20.3. The zero-order valence-electron chi connectivity index (χ0n) is 17.7. The maximum absolute atomic E-state index is 13.4. The second-order valence-corrected chi connectivity index (χ2v) is 9.20. The lowest BCUT2D eigenvalue weighted by Crippen LogP contribution is -2.45. The van der Waals surface area contributed by atoms with Crippen molar-refractivity contribution in [2.75, 3.05) is 24.5 Å². The summed E-state index contributed by atoms with van der Waals surface area (Å²) in [6.07, 6.45) is 6.62. The summed E-state index contributed by atoms with van der Waals surface area (Å²) < 4.78 is 0. The van der Waals surface area contributed by atoms with Crippen molar-refractivity contribution in [3.8, 4) is 0 Å². The van der Waals surface area contributed by atoms with Crippen LogP contribution < -0.4 is 4.90 Å². The zero-order valence-corrected chi connectivity index (χ0v) is 18.5. The molecule has 2 fully saturated rings. The Morgan fingerprint density at radius 2 is 1.77 bits per heavy atom. The molecule has 31 heavy (non-hydrogen) atoms. The van der Waals surface area contributed by atoms with Crippen LogP contribution in [0.15, 0.2) is 60.8 Å². The Bertz CT molecular complexity index is 1050. The molecule has 2 aliphatic rings. The highest BCUT2D eigenvalue weighted by Gasteiger charge is 2.35. The molecular weight excluding hydrogens is 406 g/mol. The number of anilines is 1. The summed E-state index contributed by atoms with van der Waals surface area (Å²) in [5.74, 6) is 1.42. The van der Waals surface area contributed by atoms with Crippen molar-refractivity contribution < 1.29 is 4.79 Å². The molecule has 160 valence electrons. The van der Waals surface area contributed by atoms with Gasteiger partial charge in [0.05, 0.1) is 5.02 Å². The molecule has 1 atom stereocenters. The van der Waals surface area contributed by atoms with Crippen molar-refractivity contribution in [3.63, 3.8) is 0 Å². The van der Waals surface area contributed by atoms with Crippen molar-refractivity contribution in [1.82, 2.24) is 9.88 Å². The average Bonchev–Trinajstić information content (AvgIpc) is 3.28. The number of halogens is 1. The zero-order chi connectivity index (χ0) is 21.2. The van der Waals surface area contributed by atoms with Gasteiger partial charge in [0.2, 0.25) is 5.91 Å². The third-order valence-corrected chi connectivity index (χ3v) is 7.10. The van der Waals surface area contributed by atoms with Crippen LogP contribution in [-0.4, -0.2) is 41.5 Å². The molecule has 0 saturated carbocycles. The molecule has 0 aliphatic carbocycles. The Kier molecular flexibility index (Phi) is 5.82. The highest BCUT2D eigenvalue weighted by molar-refractivity contribution is 6.30. The Hall–Kier alpha value is -2.59. The van der Waals surface area contributed by atoms with Gasteiger partial charge in [-0.15, -0.1) is 0 Å². The minimum atomic E-state index is 0.122. The van der Waals surface area contributed by atoms with E-state index in [1.165, 1.54) is 16.3 Å². The SMILES string of the molecule is O=C(C1CCN(c2ccc(Cl)cn2)CC1)N1CCC[C@H]1Cc1cccc2ccccc12. The molecule has 2 aliphatic heterocycles. The van der Waals surface area contributed by atoms with Crippen molar-refractivity contribution >= 4 is 34.1 Å². The Balaban J connectivity index is 1.24. The molecule has 0 N–H and O–H groups in total. The molecular formula is C26H28ClN3O. The molecule has 2 saturated heterocycles. The number of likely N-dealkylation sites (tertiary alicyclic amines) is 1. The van der Waals surface area contributed by atoms with Crippen LogP contribution in [-0.2, 0) is 11.2 Å². The smallest absolute Gasteiger partial charge is 0.226 e. The number of piperidine rings is 1. The second kappa shape index (κ2) is 8.88. The van der Waals surface area contributed by atoms with Crippen LogP contribution >= 0.6 is 11.6 Å². The molecule has 1 amide bonds. The van der Waals surface area contributed by atoms with Gasteiger partial charge in [-0.25, -0.2) is 4.98 Å². The van der Waals surface area contributed by atoms with E-state index in [1.807, 2.05) is 12.1 Å². The fourth-order valence-electron chi connectivity index (χ4n) is 5.21. The van der Waals surface area contributed by atoms with Crippen LogP contribution in [0, 0.1) is 5.92 Å². The number of carbonyl (C=O) groups excluding carboxylic acids is 1. The topological polar surface area (TPSA) is 36.4 Å². The molecule has 1 aromatic heterocycles. The van der Waals surface area contributed by atoms with E-state index in [0.717, 1.165) is 57.6 Å². The maximum Gasteiger partial charge on any atom is 0.226 e. The fraction of sp³-hybridized carbons (Fsp3) is 0.385. The van der Waals surface area contributed by atoms with Crippen LogP contribution in [0.5, 0.6) is 0 Å². The predicted molar refractivity (Wildman–Crippen MR) is 127 cm³/mol. The summed E-state index contributed by atoms with van der Waals surface area (Å²) in [4.78, 5) is 22.3. The van der Waals surface area contributed by atoms with E-state index in [2.05, 4.69) is 57.2 Å². The lowest BCUT2D eigenvalue weighted by Gasteiger charge is -2.35. The largest absolute Gasteiger partial charge is 0.357 e. The summed E-state index contributed by atoms with van der Waals surface area (Å²) in [6.45, 7) is 2.63. The average molecular weight is 434 g/mol. The van der Waals surface area contributed by atoms with Crippen LogP contribution in [0.2, 0.25) is 5.02 Å². The van der Waals surface area contributed by atoms with Crippen LogP contribution in [0.3, 0.4) is 0 Å². The molecule has 5 heteroatoms. The summed E-state index contributed by atoms with van der Waals surface area (Å²) in [5, 5.41) is 3.24. The first-order chi connectivity index (χ1) is 15.2. The number of pyridine rings is 1. The van der Waals surface area contributed by atoms with E-state index in [-0.39, 0.29) is 5.92 Å².